The predicted octanol–water partition coefficient (Wildman–Crippen LogP) is -0.265. The van der Waals surface area contributed by atoms with Crippen LogP contribution < -0.4 is 10.6 Å². The number of hydrogen-bond acceptors (Lipinski definition) is 11. The summed E-state index contributed by atoms with van der Waals surface area (Å²) in [6, 6.07) is 0. The van der Waals surface area contributed by atoms with Crippen molar-refractivity contribution >= 4 is 29.7 Å². The Morgan fingerprint density at radius 1 is 0.658 bits per heavy atom. The van der Waals surface area contributed by atoms with E-state index < -0.39 is 11.9 Å². The molecule has 0 heterocycles. The van der Waals surface area contributed by atoms with Crippen LogP contribution in [0, 0.1) is 0 Å². The Hall–Kier alpha value is -2.81. The fourth-order valence-electron chi connectivity index (χ4n) is 2.72. The minimum atomic E-state index is -0.601. The molecule has 0 saturated carbocycles. The van der Waals surface area contributed by atoms with Crippen molar-refractivity contribution in [1.29, 1.82) is 0 Å². The molecule has 0 aliphatic heterocycles. The average molecular weight is 550 g/mol. The lowest BCUT2D eigenvalue weighted by Crippen LogP contribution is -2.37. The third kappa shape index (κ3) is 23.6. The Kier molecular flexibility index (Phi) is 22.7. The highest BCUT2D eigenvalue weighted by Crippen LogP contribution is 1.99. The fourth-order valence-corrected chi connectivity index (χ4v) is 2.72. The SMILES string of the molecule is CCCC(=O)N(CCOC(=O)COCOCCCNC(C)=O)CCOC(=O)COCOCCCNC(C)=O. The summed E-state index contributed by atoms with van der Waals surface area (Å²) in [5.74, 6) is -1.57. The van der Waals surface area contributed by atoms with Crippen LogP contribution in [0.4, 0.5) is 0 Å². The monoisotopic (exact) mass is 549 g/mol. The average Bonchev–Trinajstić information content (AvgIpc) is 2.86. The van der Waals surface area contributed by atoms with Gasteiger partial charge >= 0.3 is 11.9 Å². The van der Waals surface area contributed by atoms with E-state index in [-0.39, 0.29) is 70.8 Å². The Labute approximate surface area is 223 Å². The lowest BCUT2D eigenvalue weighted by molar-refractivity contribution is -0.157. The van der Waals surface area contributed by atoms with Gasteiger partial charge in [-0.15, -0.1) is 0 Å². The zero-order valence-corrected chi connectivity index (χ0v) is 22.8. The van der Waals surface area contributed by atoms with E-state index in [9.17, 15) is 24.0 Å². The summed E-state index contributed by atoms with van der Waals surface area (Å²) >= 11 is 0. The van der Waals surface area contributed by atoms with Gasteiger partial charge < -0.3 is 44.0 Å². The summed E-state index contributed by atoms with van der Waals surface area (Å²) in [6.45, 7) is 5.90. The van der Waals surface area contributed by atoms with Crippen LogP contribution in [0.5, 0.6) is 0 Å². The van der Waals surface area contributed by atoms with Crippen molar-refractivity contribution in [2.75, 3.05) is 79.4 Å². The van der Waals surface area contributed by atoms with Gasteiger partial charge in [0.15, 0.2) is 0 Å². The van der Waals surface area contributed by atoms with Crippen molar-refractivity contribution in [2.45, 2.75) is 46.5 Å². The molecule has 0 aromatic rings. The Balaban J connectivity index is 3.97. The number of nitrogens with zero attached hydrogens (tertiary/aromatic N) is 1. The number of carbonyl (C=O) groups is 5. The van der Waals surface area contributed by atoms with Crippen LogP contribution in [0.15, 0.2) is 0 Å². The molecule has 0 aromatic heterocycles. The molecule has 0 aromatic carbocycles. The zero-order valence-electron chi connectivity index (χ0n) is 22.8. The lowest BCUT2D eigenvalue weighted by Gasteiger charge is -2.22. The van der Waals surface area contributed by atoms with Gasteiger partial charge in [0, 0.05) is 33.4 Å². The zero-order chi connectivity index (χ0) is 28.4. The maximum atomic E-state index is 12.3. The van der Waals surface area contributed by atoms with E-state index in [1.54, 1.807) is 0 Å². The normalized spacial score (nSPS) is 10.5. The van der Waals surface area contributed by atoms with Gasteiger partial charge in [-0.05, 0) is 19.3 Å². The maximum Gasteiger partial charge on any atom is 0.332 e. The van der Waals surface area contributed by atoms with Crippen LogP contribution in [0.25, 0.3) is 0 Å². The van der Waals surface area contributed by atoms with Crippen molar-refractivity contribution in [1.82, 2.24) is 15.5 Å². The van der Waals surface area contributed by atoms with E-state index in [4.69, 9.17) is 28.4 Å². The molecule has 0 spiro atoms. The number of esters is 2. The fraction of sp³-hybridized carbons (Fsp3) is 0.792. The third-order valence-electron chi connectivity index (χ3n) is 4.52. The molecule has 0 rings (SSSR count). The second kappa shape index (κ2) is 24.5. The molecule has 0 atom stereocenters. The van der Waals surface area contributed by atoms with E-state index in [1.165, 1.54) is 18.7 Å². The molecular weight excluding hydrogens is 506 g/mol. The Bertz CT molecular complexity index is 644. The molecule has 0 aliphatic rings. The molecular formula is C24H43N3O11. The van der Waals surface area contributed by atoms with Crippen LogP contribution in [0.1, 0.15) is 46.5 Å². The van der Waals surface area contributed by atoms with E-state index >= 15 is 0 Å². The van der Waals surface area contributed by atoms with Gasteiger partial charge in [-0.1, -0.05) is 6.92 Å². The number of rotatable bonds is 24. The molecule has 0 saturated heterocycles. The summed E-state index contributed by atoms with van der Waals surface area (Å²) in [7, 11) is 0. The van der Waals surface area contributed by atoms with Crippen molar-refractivity contribution in [3.63, 3.8) is 0 Å². The molecule has 2 N–H and O–H groups in total. The van der Waals surface area contributed by atoms with Gasteiger partial charge in [-0.2, -0.15) is 0 Å². The molecule has 14 nitrogen and oxygen atoms in total. The molecule has 0 radical (unpaired) electrons. The highest BCUT2D eigenvalue weighted by Gasteiger charge is 2.15. The topological polar surface area (TPSA) is 168 Å². The van der Waals surface area contributed by atoms with Crippen molar-refractivity contribution in [3.05, 3.63) is 0 Å². The standard InChI is InChI=1S/C24H43N3O11/c1-4-7-22(30)27(10-14-37-23(31)16-35-18-33-12-5-8-25-20(2)28)11-15-38-24(32)17-36-19-34-13-6-9-26-21(3)29/h4-19H2,1-3H3,(H,25,28)(H,26,29). The summed E-state index contributed by atoms with van der Waals surface area (Å²) in [5.41, 5.74) is 0. The van der Waals surface area contributed by atoms with Crippen LogP contribution in [0.3, 0.4) is 0 Å². The predicted molar refractivity (Wildman–Crippen MR) is 134 cm³/mol. The number of amides is 3. The molecule has 3 amide bonds. The molecule has 220 valence electrons. The van der Waals surface area contributed by atoms with Gasteiger partial charge in [-0.25, -0.2) is 9.59 Å². The molecule has 38 heavy (non-hydrogen) atoms. The van der Waals surface area contributed by atoms with Gasteiger partial charge in [0.1, 0.15) is 40.0 Å². The number of ether oxygens (including phenoxy) is 6. The van der Waals surface area contributed by atoms with Crippen molar-refractivity contribution < 1.29 is 52.4 Å². The van der Waals surface area contributed by atoms with Gasteiger partial charge in [0.25, 0.3) is 0 Å². The summed E-state index contributed by atoms with van der Waals surface area (Å²) < 4.78 is 30.7. The van der Waals surface area contributed by atoms with Crippen LogP contribution in [-0.4, -0.2) is 114 Å². The Morgan fingerprint density at radius 2 is 1.11 bits per heavy atom. The lowest BCUT2D eigenvalue weighted by atomic mass is 10.3. The number of carbonyl (C=O) groups excluding carboxylic acids is 5. The van der Waals surface area contributed by atoms with Gasteiger partial charge in [-0.3, -0.25) is 14.4 Å². The summed E-state index contributed by atoms with van der Waals surface area (Å²) in [6.07, 6.45) is 2.20. The van der Waals surface area contributed by atoms with Crippen LogP contribution >= 0.6 is 0 Å². The Morgan fingerprint density at radius 3 is 1.50 bits per heavy atom. The van der Waals surface area contributed by atoms with Gasteiger partial charge in [0.2, 0.25) is 17.7 Å². The maximum absolute atomic E-state index is 12.3. The second-order valence-corrected chi connectivity index (χ2v) is 7.99. The number of nitrogens with one attached hydrogen (secondary N) is 2. The third-order valence-corrected chi connectivity index (χ3v) is 4.52. The molecule has 0 bridgehead atoms. The highest BCUT2D eigenvalue weighted by atomic mass is 16.7. The van der Waals surface area contributed by atoms with E-state index in [1.807, 2.05) is 6.92 Å². The highest BCUT2D eigenvalue weighted by molar-refractivity contribution is 5.76. The van der Waals surface area contributed by atoms with E-state index in [0.29, 0.717) is 52.0 Å². The van der Waals surface area contributed by atoms with Crippen molar-refractivity contribution in [2.24, 2.45) is 0 Å². The molecule has 0 unspecified atom stereocenters. The minimum Gasteiger partial charge on any atom is -0.462 e. The van der Waals surface area contributed by atoms with Crippen molar-refractivity contribution in [3.8, 4) is 0 Å². The van der Waals surface area contributed by atoms with Crippen LogP contribution in [-0.2, 0) is 52.4 Å². The molecule has 14 heteroatoms. The first kappa shape index (κ1) is 35.2. The quantitative estimate of drug-likeness (QED) is 0.0924. The minimum absolute atomic E-state index is 0.0362. The molecule has 0 fully saturated rings. The summed E-state index contributed by atoms with van der Waals surface area (Å²) in [4.78, 5) is 58.8. The second-order valence-electron chi connectivity index (χ2n) is 7.99. The number of hydrogen-bond donors (Lipinski definition) is 2. The summed E-state index contributed by atoms with van der Waals surface area (Å²) in [5, 5.41) is 5.27. The molecule has 0 aliphatic carbocycles. The first-order valence-corrected chi connectivity index (χ1v) is 12.6. The smallest absolute Gasteiger partial charge is 0.332 e. The van der Waals surface area contributed by atoms with Gasteiger partial charge in [0.05, 0.1) is 26.3 Å². The van der Waals surface area contributed by atoms with Crippen LogP contribution in [0.2, 0.25) is 0 Å². The van der Waals surface area contributed by atoms with E-state index in [0.717, 1.165) is 0 Å². The first-order valence-electron chi connectivity index (χ1n) is 12.6. The largest absolute Gasteiger partial charge is 0.462 e. The first-order chi connectivity index (χ1) is 18.3. The van der Waals surface area contributed by atoms with E-state index in [2.05, 4.69) is 10.6 Å².